The number of ether oxygens (including phenoxy) is 2. The third kappa shape index (κ3) is 4.43. The first-order chi connectivity index (χ1) is 16.1. The quantitative estimate of drug-likeness (QED) is 0.664. The summed E-state index contributed by atoms with van der Waals surface area (Å²) < 4.78 is 29.0. The van der Waals surface area contributed by atoms with Crippen LogP contribution in [0.25, 0.3) is 11.2 Å². The number of fused-ring (bicyclic) bond motifs is 1. The van der Waals surface area contributed by atoms with Crippen LogP contribution >= 0.6 is 0 Å². The van der Waals surface area contributed by atoms with E-state index in [-0.39, 0.29) is 30.9 Å². The van der Waals surface area contributed by atoms with Crippen LogP contribution in [0.3, 0.4) is 0 Å². The third-order valence-corrected chi connectivity index (χ3v) is 7.07. The number of hydrogen-bond donors (Lipinski definition) is 0. The van der Waals surface area contributed by atoms with Gasteiger partial charge < -0.3 is 14.4 Å². The summed E-state index contributed by atoms with van der Waals surface area (Å²) in [5, 5.41) is 0. The highest BCUT2D eigenvalue weighted by Crippen LogP contribution is 2.34. The Hall–Kier alpha value is -2.68. The number of rotatable bonds is 6. The Balaban J connectivity index is 1.20. The maximum Gasteiger partial charge on any atom is 0.298 e. The number of imidazole rings is 1. The van der Waals surface area contributed by atoms with E-state index in [9.17, 15) is 4.79 Å². The molecule has 9 heteroatoms. The van der Waals surface area contributed by atoms with Crippen molar-refractivity contribution >= 4 is 17.1 Å². The summed E-state index contributed by atoms with van der Waals surface area (Å²) >= 11 is 0. The lowest BCUT2D eigenvalue weighted by Gasteiger charge is -2.41. The van der Waals surface area contributed by atoms with E-state index in [4.69, 9.17) is 9.47 Å². The first kappa shape index (κ1) is 22.1. The van der Waals surface area contributed by atoms with Gasteiger partial charge in [-0.1, -0.05) is 0 Å². The van der Waals surface area contributed by atoms with Gasteiger partial charge in [-0.05, 0) is 38.0 Å². The third-order valence-electron chi connectivity index (χ3n) is 7.07. The van der Waals surface area contributed by atoms with Crippen LogP contribution in [0, 0.1) is 0 Å². The van der Waals surface area contributed by atoms with Crippen LogP contribution < -0.4 is 4.74 Å². The van der Waals surface area contributed by atoms with Gasteiger partial charge in [-0.3, -0.25) is 14.3 Å². The molecule has 1 unspecified atom stereocenters. The summed E-state index contributed by atoms with van der Waals surface area (Å²) in [6.07, 6.45) is 8.50. The molecule has 1 amide bonds. The number of likely N-dealkylation sites (tertiary alicyclic amines) is 2. The highest BCUT2D eigenvalue weighted by atomic mass is 19.1. The van der Waals surface area contributed by atoms with Crippen molar-refractivity contribution < 1.29 is 18.7 Å². The molecule has 2 fully saturated rings. The van der Waals surface area contributed by atoms with Gasteiger partial charge in [0.05, 0.1) is 12.9 Å². The number of carbonyl (C=O) groups is 1. The lowest BCUT2D eigenvalue weighted by atomic mass is 9.90. The second-order valence-corrected chi connectivity index (χ2v) is 9.20. The first-order valence-electron chi connectivity index (χ1n) is 12.0. The van der Waals surface area contributed by atoms with Crippen molar-refractivity contribution in [3.8, 4) is 6.01 Å². The van der Waals surface area contributed by atoms with Gasteiger partial charge in [0.15, 0.2) is 11.3 Å². The molecule has 5 rings (SSSR count). The zero-order valence-electron chi connectivity index (χ0n) is 19.2. The largest absolute Gasteiger partial charge is 0.497 e. The topological polar surface area (TPSA) is 72.7 Å². The molecule has 0 aromatic carbocycles. The molecule has 2 saturated heterocycles. The van der Waals surface area contributed by atoms with Crippen molar-refractivity contribution in [2.75, 3.05) is 39.3 Å². The van der Waals surface area contributed by atoms with Gasteiger partial charge in [0.25, 0.3) is 11.9 Å². The van der Waals surface area contributed by atoms with E-state index in [1.807, 2.05) is 29.7 Å². The van der Waals surface area contributed by atoms with Crippen molar-refractivity contribution in [3.05, 3.63) is 30.7 Å². The van der Waals surface area contributed by atoms with E-state index in [0.717, 1.165) is 37.0 Å². The number of amides is 1. The van der Waals surface area contributed by atoms with E-state index in [1.54, 1.807) is 17.4 Å². The molecular weight excluding hydrogens is 425 g/mol. The maximum absolute atomic E-state index is 15.7. The molecule has 0 aliphatic carbocycles. The van der Waals surface area contributed by atoms with E-state index in [1.165, 1.54) is 0 Å². The number of aromatic nitrogens is 3. The molecule has 3 aliphatic heterocycles. The summed E-state index contributed by atoms with van der Waals surface area (Å²) in [4.78, 5) is 26.1. The fraction of sp³-hybridized carbons (Fsp3) is 0.625. The number of nitrogens with zero attached hydrogens (tertiary/aromatic N) is 5. The minimum atomic E-state index is -1.77. The van der Waals surface area contributed by atoms with Gasteiger partial charge in [-0.25, -0.2) is 9.37 Å². The van der Waals surface area contributed by atoms with Gasteiger partial charge >= 0.3 is 0 Å². The lowest BCUT2D eigenvalue weighted by Crippen LogP contribution is -2.54. The summed E-state index contributed by atoms with van der Waals surface area (Å²) in [7, 11) is 0. The Bertz CT molecular complexity index is 1000. The smallest absolute Gasteiger partial charge is 0.298 e. The Morgan fingerprint density at radius 1 is 1.27 bits per heavy atom. The molecule has 0 N–H and O–H groups in total. The second-order valence-electron chi connectivity index (χ2n) is 9.20. The summed E-state index contributed by atoms with van der Waals surface area (Å²) in [5.41, 5.74) is -0.174. The predicted molar refractivity (Wildman–Crippen MR) is 122 cm³/mol. The molecule has 0 bridgehead atoms. The van der Waals surface area contributed by atoms with Crippen LogP contribution in [-0.4, -0.2) is 81.3 Å². The molecule has 3 aliphatic rings. The highest BCUT2D eigenvalue weighted by molar-refractivity contribution is 5.85. The van der Waals surface area contributed by atoms with Crippen molar-refractivity contribution in [1.29, 1.82) is 0 Å². The van der Waals surface area contributed by atoms with Gasteiger partial charge in [-0.2, -0.15) is 4.98 Å². The maximum atomic E-state index is 15.7. The zero-order chi connectivity index (χ0) is 22.8. The molecule has 1 atom stereocenters. The Labute approximate surface area is 193 Å². The monoisotopic (exact) mass is 457 g/mol. The fourth-order valence-electron chi connectivity index (χ4n) is 5.22. The molecule has 5 heterocycles. The molecule has 0 spiro atoms. The Morgan fingerprint density at radius 2 is 2.06 bits per heavy atom. The van der Waals surface area contributed by atoms with Gasteiger partial charge in [0, 0.05) is 64.2 Å². The lowest BCUT2D eigenvalue weighted by molar-refractivity contribution is -0.149. The molecule has 0 saturated carbocycles. The van der Waals surface area contributed by atoms with Gasteiger partial charge in [-0.15, -0.1) is 0 Å². The average molecular weight is 458 g/mol. The van der Waals surface area contributed by atoms with Crippen molar-refractivity contribution in [2.24, 2.45) is 0 Å². The van der Waals surface area contributed by atoms with Crippen LogP contribution in [0.1, 0.15) is 45.1 Å². The molecule has 8 nitrogen and oxygen atoms in total. The van der Waals surface area contributed by atoms with E-state index < -0.39 is 5.67 Å². The van der Waals surface area contributed by atoms with Crippen molar-refractivity contribution in [2.45, 2.75) is 56.8 Å². The average Bonchev–Trinajstić information content (AvgIpc) is 3.48. The van der Waals surface area contributed by atoms with Crippen molar-refractivity contribution in [1.82, 2.24) is 24.3 Å². The normalized spacial score (nSPS) is 23.7. The summed E-state index contributed by atoms with van der Waals surface area (Å²) in [6.45, 7) is 5.47. The van der Waals surface area contributed by atoms with E-state index in [2.05, 4.69) is 14.9 Å². The van der Waals surface area contributed by atoms with E-state index >= 15 is 4.39 Å². The van der Waals surface area contributed by atoms with Crippen LogP contribution in [0.15, 0.2) is 30.7 Å². The highest BCUT2D eigenvalue weighted by Gasteiger charge is 2.45. The molecular formula is C24H32FN5O3. The van der Waals surface area contributed by atoms with Gasteiger partial charge in [0.2, 0.25) is 0 Å². The minimum absolute atomic E-state index is 0.118. The van der Waals surface area contributed by atoms with Gasteiger partial charge in [0.1, 0.15) is 11.6 Å². The fourth-order valence-corrected chi connectivity index (χ4v) is 5.22. The zero-order valence-corrected chi connectivity index (χ0v) is 19.2. The molecule has 0 radical (unpaired) electrons. The number of carbonyl (C=O) groups excluding carboxylic acids is 1. The summed E-state index contributed by atoms with van der Waals surface area (Å²) in [6, 6.07) is 4.47. The molecule has 33 heavy (non-hydrogen) atoms. The SMILES string of the molecule is CCOc1nc2cccnc2n1C1CCN(C(=O)C2(F)CCN(CC3CC=CO3)CC2)CC1. The molecule has 2 aromatic rings. The minimum Gasteiger partial charge on any atom is -0.497 e. The van der Waals surface area contributed by atoms with Crippen LogP contribution in [0.4, 0.5) is 4.39 Å². The number of alkyl halides is 1. The summed E-state index contributed by atoms with van der Waals surface area (Å²) in [5.74, 6) is -0.349. The van der Waals surface area contributed by atoms with Crippen LogP contribution in [-0.2, 0) is 9.53 Å². The van der Waals surface area contributed by atoms with E-state index in [0.29, 0.717) is 38.8 Å². The first-order valence-corrected chi connectivity index (χ1v) is 12.0. The number of halogens is 1. The number of hydrogen-bond acceptors (Lipinski definition) is 6. The molecule has 178 valence electrons. The number of piperidine rings is 2. The Morgan fingerprint density at radius 3 is 2.76 bits per heavy atom. The number of pyridine rings is 1. The predicted octanol–water partition coefficient (Wildman–Crippen LogP) is 3.10. The Kier molecular flexibility index (Phi) is 6.23. The molecule has 2 aromatic heterocycles. The van der Waals surface area contributed by atoms with Crippen LogP contribution in [0.5, 0.6) is 6.01 Å². The standard InChI is InChI=1S/C24H32FN5O3/c1-2-32-23-27-20-6-3-11-26-21(20)30(23)18-7-12-29(13-8-18)22(31)24(25)9-14-28(15-10-24)17-19-5-4-16-33-19/h3-4,6,11,16,18-19H,2,5,7-10,12-15,17H2,1H3. The van der Waals surface area contributed by atoms with Crippen LogP contribution in [0.2, 0.25) is 0 Å². The van der Waals surface area contributed by atoms with Crippen molar-refractivity contribution in [3.63, 3.8) is 0 Å². The second kappa shape index (κ2) is 9.29.